The molecule has 1 atom stereocenters. The van der Waals surface area contributed by atoms with Crippen molar-refractivity contribution in [2.75, 3.05) is 18.4 Å². The number of nitrogens with zero attached hydrogens (tertiary/aromatic N) is 1. The number of carbonyl (C=O) groups excluding carboxylic acids is 1. The Hall–Kier alpha value is -2.72. The molecule has 156 valence electrons. The molecule has 0 bridgehead atoms. The molecule has 2 aromatic rings. The Labute approximate surface area is 168 Å². The Bertz CT molecular complexity index is 1120. The number of aryl methyl sites for hydroxylation is 2. The van der Waals surface area contributed by atoms with Gasteiger partial charge in [0, 0.05) is 24.5 Å². The third-order valence-electron chi connectivity index (χ3n) is 5.06. The SMILES string of the molecule is CCc1ccc(NC(=O)[C@H]2CCCN(S(=O)(=O)c3c(C)[nH]c(=O)[nH]c3=O)C2)cc1. The minimum absolute atomic E-state index is 0.0265. The highest BCUT2D eigenvalue weighted by atomic mass is 32.2. The number of hydrogen-bond donors (Lipinski definition) is 3. The Kier molecular flexibility index (Phi) is 6.04. The number of piperidine rings is 1. The van der Waals surface area contributed by atoms with E-state index >= 15 is 0 Å². The van der Waals surface area contributed by atoms with E-state index in [-0.39, 0.29) is 24.7 Å². The van der Waals surface area contributed by atoms with Crippen LogP contribution in [0.5, 0.6) is 0 Å². The summed E-state index contributed by atoms with van der Waals surface area (Å²) in [6.07, 6.45) is 1.94. The summed E-state index contributed by atoms with van der Waals surface area (Å²) in [4.78, 5) is 39.9. The minimum Gasteiger partial charge on any atom is -0.326 e. The molecule has 10 heteroatoms. The zero-order chi connectivity index (χ0) is 21.2. The Balaban J connectivity index is 1.78. The zero-order valence-corrected chi connectivity index (χ0v) is 17.1. The molecule has 0 radical (unpaired) electrons. The lowest BCUT2D eigenvalue weighted by atomic mass is 9.98. The first-order valence-corrected chi connectivity index (χ1v) is 10.9. The van der Waals surface area contributed by atoms with Gasteiger partial charge >= 0.3 is 5.69 Å². The monoisotopic (exact) mass is 420 g/mol. The van der Waals surface area contributed by atoms with Gasteiger partial charge in [-0.05, 0) is 43.9 Å². The van der Waals surface area contributed by atoms with Crippen LogP contribution in [0.3, 0.4) is 0 Å². The van der Waals surface area contributed by atoms with E-state index in [9.17, 15) is 22.8 Å². The first-order chi connectivity index (χ1) is 13.7. The van der Waals surface area contributed by atoms with Gasteiger partial charge < -0.3 is 10.3 Å². The van der Waals surface area contributed by atoms with E-state index in [0.717, 1.165) is 16.3 Å². The molecule has 0 saturated carbocycles. The van der Waals surface area contributed by atoms with Crippen LogP contribution in [0.25, 0.3) is 0 Å². The molecule has 0 aliphatic carbocycles. The third-order valence-corrected chi connectivity index (χ3v) is 7.08. The predicted molar refractivity (Wildman–Crippen MR) is 108 cm³/mol. The largest absolute Gasteiger partial charge is 0.326 e. The van der Waals surface area contributed by atoms with Gasteiger partial charge in [0.1, 0.15) is 0 Å². The lowest BCUT2D eigenvalue weighted by Crippen LogP contribution is -2.45. The van der Waals surface area contributed by atoms with Crippen molar-refractivity contribution < 1.29 is 13.2 Å². The summed E-state index contributed by atoms with van der Waals surface area (Å²) in [6.45, 7) is 3.58. The standard InChI is InChI=1S/C19H24N4O5S/c1-3-13-6-8-15(9-7-13)21-17(24)14-5-4-10-23(11-14)29(27,28)16-12(2)20-19(26)22-18(16)25/h6-9,14H,3-5,10-11H2,1-2H3,(H,21,24)(H2,20,22,25,26)/t14-/m0/s1. The summed E-state index contributed by atoms with van der Waals surface area (Å²) >= 11 is 0. The van der Waals surface area contributed by atoms with Gasteiger partial charge in [-0.25, -0.2) is 13.2 Å². The maximum atomic E-state index is 13.0. The number of benzene rings is 1. The van der Waals surface area contributed by atoms with E-state index in [1.807, 2.05) is 36.2 Å². The normalized spacial score (nSPS) is 17.8. The number of H-pyrrole nitrogens is 2. The molecular weight excluding hydrogens is 396 g/mol. The first kappa shape index (κ1) is 21.0. The molecule has 2 heterocycles. The lowest BCUT2D eigenvalue weighted by molar-refractivity contribution is -0.120. The topological polar surface area (TPSA) is 132 Å². The molecule has 1 saturated heterocycles. The van der Waals surface area contributed by atoms with Crippen LogP contribution in [0.15, 0.2) is 38.8 Å². The van der Waals surface area contributed by atoms with Crippen molar-refractivity contribution in [2.24, 2.45) is 5.92 Å². The average Bonchev–Trinajstić information content (AvgIpc) is 2.67. The molecule has 1 aliphatic rings. The second kappa shape index (κ2) is 8.34. The molecule has 1 aromatic heterocycles. The fourth-order valence-corrected chi connectivity index (χ4v) is 5.20. The maximum Gasteiger partial charge on any atom is 0.325 e. The van der Waals surface area contributed by atoms with Crippen LogP contribution in [0.1, 0.15) is 31.0 Å². The minimum atomic E-state index is -4.15. The van der Waals surface area contributed by atoms with Gasteiger partial charge in [-0.15, -0.1) is 0 Å². The van der Waals surface area contributed by atoms with Crippen LogP contribution in [0.4, 0.5) is 5.69 Å². The molecule has 0 unspecified atom stereocenters. The van der Waals surface area contributed by atoms with Gasteiger partial charge in [-0.1, -0.05) is 19.1 Å². The summed E-state index contributed by atoms with van der Waals surface area (Å²) in [5, 5.41) is 2.83. The van der Waals surface area contributed by atoms with Crippen molar-refractivity contribution in [1.29, 1.82) is 0 Å². The van der Waals surface area contributed by atoms with Crippen molar-refractivity contribution in [2.45, 2.75) is 38.0 Å². The van der Waals surface area contributed by atoms with Gasteiger partial charge in [0.15, 0.2) is 4.90 Å². The van der Waals surface area contributed by atoms with Crippen molar-refractivity contribution in [3.05, 3.63) is 56.4 Å². The molecule has 1 fully saturated rings. The number of sulfonamides is 1. The summed E-state index contributed by atoms with van der Waals surface area (Å²) in [7, 11) is -4.15. The lowest BCUT2D eigenvalue weighted by Gasteiger charge is -2.31. The molecule has 0 spiro atoms. The summed E-state index contributed by atoms with van der Waals surface area (Å²) in [5.74, 6) is -0.798. The summed E-state index contributed by atoms with van der Waals surface area (Å²) in [5.41, 5.74) is 0.0474. The smallest absolute Gasteiger partial charge is 0.325 e. The molecule has 9 nitrogen and oxygen atoms in total. The van der Waals surface area contributed by atoms with E-state index in [4.69, 9.17) is 0 Å². The molecule has 29 heavy (non-hydrogen) atoms. The number of rotatable bonds is 5. The van der Waals surface area contributed by atoms with Crippen LogP contribution in [0.2, 0.25) is 0 Å². The van der Waals surface area contributed by atoms with Crippen LogP contribution in [-0.2, 0) is 21.2 Å². The van der Waals surface area contributed by atoms with Crippen LogP contribution < -0.4 is 16.6 Å². The van der Waals surface area contributed by atoms with E-state index in [0.29, 0.717) is 18.5 Å². The maximum absolute atomic E-state index is 13.0. The predicted octanol–water partition coefficient (Wildman–Crippen LogP) is 0.973. The van der Waals surface area contributed by atoms with E-state index < -0.39 is 32.1 Å². The average molecular weight is 420 g/mol. The van der Waals surface area contributed by atoms with E-state index in [1.165, 1.54) is 6.92 Å². The number of aromatic amines is 2. The molecule has 3 N–H and O–H groups in total. The fourth-order valence-electron chi connectivity index (χ4n) is 3.47. The number of anilines is 1. The number of hydrogen-bond acceptors (Lipinski definition) is 5. The molecule has 1 amide bonds. The van der Waals surface area contributed by atoms with Crippen LogP contribution >= 0.6 is 0 Å². The Morgan fingerprint density at radius 1 is 1.21 bits per heavy atom. The second-order valence-corrected chi connectivity index (χ2v) is 8.98. The van der Waals surface area contributed by atoms with Crippen LogP contribution in [-0.4, -0.2) is 41.7 Å². The highest BCUT2D eigenvalue weighted by Crippen LogP contribution is 2.24. The number of aromatic nitrogens is 2. The summed E-state index contributed by atoms with van der Waals surface area (Å²) in [6, 6.07) is 7.49. The van der Waals surface area contributed by atoms with Crippen molar-refractivity contribution in [3.8, 4) is 0 Å². The van der Waals surface area contributed by atoms with E-state index in [1.54, 1.807) is 0 Å². The van der Waals surface area contributed by atoms with Gasteiger partial charge in [0.25, 0.3) is 5.56 Å². The zero-order valence-electron chi connectivity index (χ0n) is 16.3. The highest BCUT2D eigenvalue weighted by molar-refractivity contribution is 7.89. The van der Waals surface area contributed by atoms with Crippen molar-refractivity contribution in [1.82, 2.24) is 14.3 Å². The quantitative estimate of drug-likeness (QED) is 0.663. The Morgan fingerprint density at radius 2 is 1.90 bits per heavy atom. The van der Waals surface area contributed by atoms with Gasteiger partial charge in [-0.2, -0.15) is 4.31 Å². The number of carbonyl (C=O) groups is 1. The first-order valence-electron chi connectivity index (χ1n) is 9.45. The van der Waals surface area contributed by atoms with Crippen LogP contribution in [0, 0.1) is 12.8 Å². The number of amides is 1. The highest BCUT2D eigenvalue weighted by Gasteiger charge is 2.35. The van der Waals surface area contributed by atoms with Gasteiger partial charge in [0.2, 0.25) is 15.9 Å². The fraction of sp³-hybridized carbons (Fsp3) is 0.421. The van der Waals surface area contributed by atoms with Gasteiger partial charge in [0.05, 0.1) is 5.92 Å². The van der Waals surface area contributed by atoms with E-state index in [2.05, 4.69) is 10.3 Å². The number of nitrogens with one attached hydrogen (secondary N) is 3. The second-order valence-electron chi connectivity index (χ2n) is 7.10. The summed E-state index contributed by atoms with van der Waals surface area (Å²) < 4.78 is 27.1. The van der Waals surface area contributed by atoms with Gasteiger partial charge in [-0.3, -0.25) is 14.6 Å². The Morgan fingerprint density at radius 3 is 2.52 bits per heavy atom. The van der Waals surface area contributed by atoms with Crippen molar-refractivity contribution >= 4 is 21.6 Å². The molecular formula is C19H24N4O5S. The molecule has 1 aromatic carbocycles. The molecule has 1 aliphatic heterocycles. The van der Waals surface area contributed by atoms with Crippen molar-refractivity contribution in [3.63, 3.8) is 0 Å². The molecule has 3 rings (SSSR count). The third kappa shape index (κ3) is 4.48.